The molecule has 0 amide bonds. The van der Waals surface area contributed by atoms with Crippen molar-refractivity contribution in [2.75, 3.05) is 13.2 Å². The van der Waals surface area contributed by atoms with Gasteiger partial charge < -0.3 is 9.47 Å². The van der Waals surface area contributed by atoms with Crippen molar-refractivity contribution in [3.8, 4) is 0 Å². The molecule has 282 valence electrons. The van der Waals surface area contributed by atoms with Gasteiger partial charge in [-0.05, 0) is 25.7 Å². The summed E-state index contributed by atoms with van der Waals surface area (Å²) < 4.78 is 133. The molecule has 0 atom stereocenters. The van der Waals surface area contributed by atoms with Gasteiger partial charge in [0, 0.05) is 19.3 Å². The Kier molecular flexibility index (Phi) is 22.8. The molecule has 1 N–H and O–H groups in total. The van der Waals surface area contributed by atoms with Gasteiger partial charge in [-0.15, -0.1) is 0 Å². The number of hydrogen-bond donors (Lipinski definition) is 1. The van der Waals surface area contributed by atoms with E-state index in [2.05, 4.69) is 13.1 Å². The van der Waals surface area contributed by atoms with Gasteiger partial charge in [-0.2, -0.15) is 43.2 Å². The maximum absolute atomic E-state index is 12.1. The second kappa shape index (κ2) is 23.9. The Morgan fingerprint density at radius 3 is 1.08 bits per heavy atom. The number of nitrogens with one attached hydrogen (secondary N) is 1. The number of alkyl halides is 6. The van der Waals surface area contributed by atoms with Gasteiger partial charge >= 0.3 is 49.2 Å². The van der Waals surface area contributed by atoms with Gasteiger partial charge in [0.2, 0.25) is 0 Å². The largest absolute Gasteiger partial charge is 0.523 e. The summed E-state index contributed by atoms with van der Waals surface area (Å²) in [5, 5.41) is 7.68. The van der Waals surface area contributed by atoms with Crippen LogP contribution in [0.4, 0.5) is 26.3 Å². The van der Waals surface area contributed by atoms with E-state index in [0.717, 1.165) is 38.5 Å². The molecule has 0 bridgehead atoms. The zero-order chi connectivity index (χ0) is 36.7. The normalized spacial score (nSPS) is 12.5. The van der Waals surface area contributed by atoms with Crippen LogP contribution in [0.5, 0.6) is 0 Å². The van der Waals surface area contributed by atoms with Crippen molar-refractivity contribution in [2.24, 2.45) is 0 Å². The van der Waals surface area contributed by atoms with Gasteiger partial charge in [-0.25, -0.2) is 0 Å². The molecule has 48 heavy (non-hydrogen) atoms. The molecule has 0 aliphatic heterocycles. The molecule has 12 nitrogen and oxygen atoms in total. The summed E-state index contributed by atoms with van der Waals surface area (Å²) in [4.78, 5) is 35.5. The van der Waals surface area contributed by atoms with Crippen LogP contribution in [0, 0.1) is 5.41 Å². The zero-order valence-electron chi connectivity index (χ0n) is 26.6. The fourth-order valence-corrected chi connectivity index (χ4v) is 4.96. The Morgan fingerprint density at radius 1 is 0.438 bits per heavy atom. The zero-order valence-corrected chi connectivity index (χ0v) is 28.3. The minimum atomic E-state index is -5.56. The Balaban J connectivity index is 3.69. The van der Waals surface area contributed by atoms with Gasteiger partial charge in [0.1, 0.15) is 0 Å². The van der Waals surface area contributed by atoms with Crippen molar-refractivity contribution in [1.29, 1.82) is 5.41 Å². The van der Waals surface area contributed by atoms with Crippen LogP contribution in [0.1, 0.15) is 128 Å². The number of carbonyl (C=O) groups excluding carboxylic acids is 3. The standard InChI is InChI=1S/C28H45F6NO11S2/c29-27(30,31)47(39,40)43-21-15-11-7-3-1-5-9-13-17-24(36)45-23(35)19-20-26(38)46-25(37)18-14-10-6-2-4-8-12-16-22-44-48(41,42)28(32,33)34/h35H,1-22H2. The third kappa shape index (κ3) is 23.1. The molecule has 0 saturated heterocycles. The summed E-state index contributed by atoms with van der Waals surface area (Å²) in [5.74, 6) is -2.65. The highest BCUT2D eigenvalue weighted by Gasteiger charge is 2.47. The van der Waals surface area contributed by atoms with Crippen LogP contribution in [0.3, 0.4) is 0 Å². The Hall–Kier alpha value is -2.32. The highest BCUT2D eigenvalue weighted by atomic mass is 32.2. The van der Waals surface area contributed by atoms with E-state index in [1.54, 1.807) is 0 Å². The first-order chi connectivity index (χ1) is 22.3. The van der Waals surface area contributed by atoms with Crippen LogP contribution in [0.25, 0.3) is 0 Å². The number of rotatable bonds is 27. The lowest BCUT2D eigenvalue weighted by Gasteiger charge is -2.08. The quantitative estimate of drug-likeness (QED) is 0.0132. The maximum Gasteiger partial charge on any atom is 0.523 e. The van der Waals surface area contributed by atoms with Crippen molar-refractivity contribution in [1.82, 2.24) is 0 Å². The molecule has 0 radical (unpaired) electrons. The summed E-state index contributed by atoms with van der Waals surface area (Å²) >= 11 is 0. The molecular formula is C28H45F6NO11S2. The molecule has 0 spiro atoms. The predicted molar refractivity (Wildman–Crippen MR) is 159 cm³/mol. The molecule has 0 aromatic carbocycles. The first-order valence-corrected chi connectivity index (χ1v) is 18.5. The molecule has 0 aromatic heterocycles. The predicted octanol–water partition coefficient (Wildman–Crippen LogP) is 7.11. The van der Waals surface area contributed by atoms with Crippen LogP contribution in [-0.4, -0.2) is 64.9 Å². The first-order valence-electron chi connectivity index (χ1n) is 15.7. The summed E-state index contributed by atoms with van der Waals surface area (Å²) in [6.45, 7) is -1.07. The average molecular weight is 750 g/mol. The second-order valence-corrected chi connectivity index (χ2v) is 14.1. The van der Waals surface area contributed by atoms with Crippen LogP contribution >= 0.6 is 0 Å². The number of carbonyl (C=O) groups is 3. The van der Waals surface area contributed by atoms with Crippen molar-refractivity contribution >= 4 is 44.0 Å². The number of halogens is 6. The van der Waals surface area contributed by atoms with Crippen LogP contribution in [0.15, 0.2) is 0 Å². The van der Waals surface area contributed by atoms with E-state index in [-0.39, 0.29) is 38.5 Å². The van der Waals surface area contributed by atoms with E-state index in [1.165, 1.54) is 0 Å². The lowest BCUT2D eigenvalue weighted by molar-refractivity contribution is -0.159. The summed E-state index contributed by atoms with van der Waals surface area (Å²) in [7, 11) is -11.1. The van der Waals surface area contributed by atoms with Crippen molar-refractivity contribution in [2.45, 2.75) is 139 Å². The van der Waals surface area contributed by atoms with Gasteiger partial charge in [-0.1, -0.05) is 77.0 Å². The number of hydrogen-bond acceptors (Lipinski definition) is 12. The Labute approximate surface area is 277 Å². The highest BCUT2D eigenvalue weighted by Crippen LogP contribution is 2.25. The van der Waals surface area contributed by atoms with E-state index < -0.39 is 68.3 Å². The van der Waals surface area contributed by atoms with E-state index in [0.29, 0.717) is 51.4 Å². The fraction of sp³-hybridized carbons (Fsp3) is 0.857. The van der Waals surface area contributed by atoms with Gasteiger partial charge in [0.15, 0.2) is 5.90 Å². The summed E-state index contributed by atoms with van der Waals surface area (Å²) in [6.07, 6.45) is 9.32. The summed E-state index contributed by atoms with van der Waals surface area (Å²) in [5.41, 5.74) is -10.9. The number of ether oxygens (including phenoxy) is 2. The molecule has 0 aliphatic rings. The third-order valence-electron chi connectivity index (χ3n) is 6.62. The van der Waals surface area contributed by atoms with E-state index in [9.17, 15) is 57.6 Å². The molecule has 0 heterocycles. The van der Waals surface area contributed by atoms with Crippen molar-refractivity contribution in [3.05, 3.63) is 0 Å². The smallest absolute Gasteiger partial charge is 0.412 e. The molecule has 0 aromatic rings. The molecule has 0 rings (SSSR count). The SMILES string of the molecule is N=C(CCC(=O)OC(=O)CCCCCCCCCCOS(=O)(=O)C(F)(F)F)OC(=O)CCCCCCCCCCOS(=O)(=O)C(F)(F)F. The first kappa shape index (κ1) is 45.7. The lowest BCUT2D eigenvalue weighted by atomic mass is 10.1. The van der Waals surface area contributed by atoms with Gasteiger partial charge in [0.25, 0.3) is 0 Å². The Morgan fingerprint density at radius 2 is 0.729 bits per heavy atom. The molecule has 0 unspecified atom stereocenters. The number of unbranched alkanes of at least 4 members (excludes halogenated alkanes) is 14. The monoisotopic (exact) mass is 749 g/mol. The van der Waals surface area contributed by atoms with Crippen LogP contribution in [-0.2, 0) is 52.5 Å². The van der Waals surface area contributed by atoms with Crippen LogP contribution < -0.4 is 0 Å². The minimum absolute atomic E-state index is 0.00986. The molecule has 0 saturated carbocycles. The molecule has 20 heteroatoms. The van der Waals surface area contributed by atoms with Crippen LogP contribution in [0.2, 0.25) is 0 Å². The topological polar surface area (TPSA) is 180 Å². The second-order valence-electron chi connectivity index (χ2n) is 10.8. The Bertz CT molecular complexity index is 1100. The third-order valence-corrected chi connectivity index (χ3v) is 8.70. The van der Waals surface area contributed by atoms with Gasteiger partial charge in [-0.3, -0.25) is 28.2 Å². The number of esters is 3. The van der Waals surface area contributed by atoms with Gasteiger partial charge in [0.05, 0.1) is 19.6 Å². The van der Waals surface area contributed by atoms with E-state index in [4.69, 9.17) is 10.1 Å². The fourth-order valence-electron chi connectivity index (χ4n) is 4.02. The molecule has 0 aliphatic carbocycles. The van der Waals surface area contributed by atoms with E-state index in [1.807, 2.05) is 0 Å². The van der Waals surface area contributed by atoms with E-state index >= 15 is 0 Å². The average Bonchev–Trinajstić information content (AvgIpc) is 2.96. The van der Waals surface area contributed by atoms with Crippen molar-refractivity contribution < 1.29 is 75.4 Å². The molecular weight excluding hydrogens is 704 g/mol. The summed E-state index contributed by atoms with van der Waals surface area (Å²) in [6, 6.07) is 0. The molecule has 0 fully saturated rings. The highest BCUT2D eigenvalue weighted by molar-refractivity contribution is 7.87. The lowest BCUT2D eigenvalue weighted by Crippen LogP contribution is -2.25. The van der Waals surface area contributed by atoms with Crippen molar-refractivity contribution in [3.63, 3.8) is 0 Å². The maximum atomic E-state index is 12.1. The minimum Gasteiger partial charge on any atom is -0.412 e.